The molecule has 30 heavy (non-hydrogen) atoms. The van der Waals surface area contributed by atoms with Gasteiger partial charge < -0.3 is 23.9 Å². The maximum Gasteiger partial charge on any atom is 0.270 e. The molecule has 0 bridgehead atoms. The first-order valence-corrected chi connectivity index (χ1v) is 10.6. The first-order valence-electron chi connectivity index (χ1n) is 9.80. The summed E-state index contributed by atoms with van der Waals surface area (Å²) in [5, 5.41) is 2.07. The number of aromatic nitrogens is 2. The number of methoxy groups -OCH3 is 2. The maximum atomic E-state index is 13.5. The van der Waals surface area contributed by atoms with Gasteiger partial charge in [0.05, 0.1) is 25.3 Å². The number of benzene rings is 2. The molecule has 1 aliphatic rings. The van der Waals surface area contributed by atoms with Gasteiger partial charge in [0, 0.05) is 65.2 Å². The zero-order chi connectivity index (χ0) is 21.0. The van der Waals surface area contributed by atoms with Gasteiger partial charge in [0.25, 0.3) is 5.91 Å². The minimum Gasteiger partial charge on any atom is -0.497 e. The van der Waals surface area contributed by atoms with E-state index in [2.05, 4.69) is 27.0 Å². The summed E-state index contributed by atoms with van der Waals surface area (Å²) in [6.45, 7) is 1.27. The summed E-state index contributed by atoms with van der Waals surface area (Å²) in [7, 11) is 5.16. The van der Waals surface area contributed by atoms with Gasteiger partial charge in [-0.25, -0.2) is 0 Å². The number of aromatic amines is 1. The number of fused-ring (bicyclic) bond motifs is 4. The van der Waals surface area contributed by atoms with Crippen LogP contribution < -0.4 is 9.47 Å². The van der Waals surface area contributed by atoms with Crippen molar-refractivity contribution in [1.82, 2.24) is 14.5 Å². The van der Waals surface area contributed by atoms with E-state index >= 15 is 0 Å². The van der Waals surface area contributed by atoms with Crippen LogP contribution in [0.1, 0.15) is 21.7 Å². The van der Waals surface area contributed by atoms with E-state index in [1.807, 2.05) is 46.8 Å². The zero-order valence-electron chi connectivity index (χ0n) is 17.1. The van der Waals surface area contributed by atoms with E-state index in [-0.39, 0.29) is 5.91 Å². The highest BCUT2D eigenvalue weighted by molar-refractivity contribution is 9.10. The fourth-order valence-electron chi connectivity index (χ4n) is 4.40. The maximum absolute atomic E-state index is 13.5. The quantitative estimate of drug-likeness (QED) is 0.477. The summed E-state index contributed by atoms with van der Waals surface area (Å²) in [4.78, 5) is 18.9. The second-order valence-electron chi connectivity index (χ2n) is 7.57. The number of hydrogen-bond acceptors (Lipinski definition) is 3. The van der Waals surface area contributed by atoms with Crippen molar-refractivity contribution in [1.29, 1.82) is 0 Å². The summed E-state index contributed by atoms with van der Waals surface area (Å²) in [5.41, 5.74) is 5.05. The number of H-pyrrole nitrogens is 1. The number of carbonyl (C=O) groups excluding carboxylic acids is 1. The molecule has 7 heteroatoms. The van der Waals surface area contributed by atoms with Gasteiger partial charge in [0.15, 0.2) is 0 Å². The predicted molar refractivity (Wildman–Crippen MR) is 120 cm³/mol. The van der Waals surface area contributed by atoms with Crippen LogP contribution in [0.5, 0.6) is 11.5 Å². The number of nitrogens with one attached hydrogen (secondary N) is 1. The Morgan fingerprint density at radius 1 is 1.13 bits per heavy atom. The summed E-state index contributed by atoms with van der Waals surface area (Å²) in [5.74, 6) is 1.41. The molecule has 2 aromatic carbocycles. The number of rotatable bonds is 3. The second kappa shape index (κ2) is 7.09. The SMILES string of the molecule is COc1cc(OC)c2cc(C(=O)N3CCc4[nH]c5c(Br)cccc5c4C3)n(C)c2c1. The largest absolute Gasteiger partial charge is 0.497 e. The monoisotopic (exact) mass is 467 g/mol. The normalized spacial score (nSPS) is 13.7. The number of aryl methyl sites for hydroxylation is 1. The van der Waals surface area contributed by atoms with E-state index in [1.165, 1.54) is 16.6 Å². The molecule has 154 valence electrons. The Balaban J connectivity index is 1.54. The number of halogens is 1. The summed E-state index contributed by atoms with van der Waals surface area (Å²) in [6.07, 6.45) is 0.809. The molecule has 0 radical (unpaired) electrons. The lowest BCUT2D eigenvalue weighted by atomic mass is 10.0. The van der Waals surface area contributed by atoms with Crippen molar-refractivity contribution < 1.29 is 14.3 Å². The standard InChI is InChI=1S/C23H22BrN3O3/c1-26-19-9-13(29-2)10-21(30-3)15(19)11-20(26)23(28)27-8-7-18-16(12-27)14-5-4-6-17(24)22(14)25-18/h4-6,9-11,25H,7-8,12H2,1-3H3. The molecule has 4 aromatic rings. The topological polar surface area (TPSA) is 59.5 Å². The van der Waals surface area contributed by atoms with Crippen LogP contribution in [0.3, 0.4) is 0 Å². The van der Waals surface area contributed by atoms with Gasteiger partial charge in [-0.2, -0.15) is 0 Å². The van der Waals surface area contributed by atoms with E-state index < -0.39 is 0 Å². The van der Waals surface area contributed by atoms with Gasteiger partial charge >= 0.3 is 0 Å². The highest BCUT2D eigenvalue weighted by Crippen LogP contribution is 2.35. The van der Waals surface area contributed by atoms with Crippen molar-refractivity contribution in [2.45, 2.75) is 13.0 Å². The Morgan fingerprint density at radius 2 is 1.97 bits per heavy atom. The number of para-hydroxylation sites is 1. The van der Waals surface area contributed by atoms with E-state index in [0.29, 0.717) is 30.3 Å². The molecule has 3 heterocycles. The Kier molecular flexibility index (Phi) is 4.50. The molecule has 1 aliphatic heterocycles. The zero-order valence-corrected chi connectivity index (χ0v) is 18.7. The number of ether oxygens (including phenoxy) is 2. The predicted octanol–water partition coefficient (Wildman–Crippen LogP) is 4.64. The number of carbonyl (C=O) groups is 1. The van der Waals surface area contributed by atoms with Crippen LogP contribution in [0.15, 0.2) is 40.9 Å². The highest BCUT2D eigenvalue weighted by atomic mass is 79.9. The van der Waals surface area contributed by atoms with Gasteiger partial charge in [-0.1, -0.05) is 12.1 Å². The Hall–Kier alpha value is -2.93. The van der Waals surface area contributed by atoms with Crippen LogP contribution >= 0.6 is 15.9 Å². The minimum atomic E-state index is 0.0183. The molecule has 0 unspecified atom stereocenters. The molecule has 0 spiro atoms. The van der Waals surface area contributed by atoms with Crippen molar-refractivity contribution in [3.8, 4) is 11.5 Å². The molecule has 0 atom stereocenters. The molecule has 1 N–H and O–H groups in total. The lowest BCUT2D eigenvalue weighted by molar-refractivity contribution is 0.0726. The molecule has 0 saturated carbocycles. The van der Waals surface area contributed by atoms with Crippen molar-refractivity contribution in [3.63, 3.8) is 0 Å². The number of nitrogens with zero attached hydrogens (tertiary/aromatic N) is 2. The van der Waals surface area contributed by atoms with E-state index in [4.69, 9.17) is 9.47 Å². The van der Waals surface area contributed by atoms with E-state index in [1.54, 1.807) is 14.2 Å². The molecule has 5 rings (SSSR count). The van der Waals surface area contributed by atoms with Gasteiger partial charge in [0.1, 0.15) is 17.2 Å². The first kappa shape index (κ1) is 19.1. The summed E-state index contributed by atoms with van der Waals surface area (Å²) in [6, 6.07) is 11.9. The van der Waals surface area contributed by atoms with Crippen LogP contribution in [0.4, 0.5) is 0 Å². The molecule has 0 aliphatic carbocycles. The van der Waals surface area contributed by atoms with Crippen LogP contribution in [-0.2, 0) is 20.0 Å². The minimum absolute atomic E-state index is 0.0183. The van der Waals surface area contributed by atoms with Crippen molar-refractivity contribution in [2.75, 3.05) is 20.8 Å². The van der Waals surface area contributed by atoms with Crippen molar-refractivity contribution >= 4 is 43.6 Å². The van der Waals surface area contributed by atoms with Gasteiger partial charge in [0.2, 0.25) is 0 Å². The molecular formula is C23H22BrN3O3. The van der Waals surface area contributed by atoms with Gasteiger partial charge in [-0.3, -0.25) is 4.79 Å². The average molecular weight is 468 g/mol. The molecule has 6 nitrogen and oxygen atoms in total. The third-order valence-corrected chi connectivity index (χ3v) is 6.68. The fraction of sp³-hybridized carbons (Fsp3) is 0.261. The number of amides is 1. The Morgan fingerprint density at radius 3 is 2.73 bits per heavy atom. The Bertz CT molecular complexity index is 1300. The van der Waals surface area contributed by atoms with Crippen molar-refractivity contribution in [2.24, 2.45) is 7.05 Å². The number of hydrogen-bond donors (Lipinski definition) is 1. The third-order valence-electron chi connectivity index (χ3n) is 6.02. The lowest BCUT2D eigenvalue weighted by Crippen LogP contribution is -2.36. The van der Waals surface area contributed by atoms with Crippen molar-refractivity contribution in [3.05, 3.63) is 57.8 Å². The summed E-state index contributed by atoms with van der Waals surface area (Å²) >= 11 is 3.62. The second-order valence-corrected chi connectivity index (χ2v) is 8.43. The van der Waals surface area contributed by atoms with Crippen LogP contribution in [0, 0.1) is 0 Å². The molecule has 0 saturated heterocycles. The van der Waals surface area contributed by atoms with E-state index in [0.717, 1.165) is 27.3 Å². The molecule has 2 aromatic heterocycles. The fourth-order valence-corrected chi connectivity index (χ4v) is 4.87. The van der Waals surface area contributed by atoms with Crippen LogP contribution in [-0.4, -0.2) is 41.1 Å². The third kappa shape index (κ3) is 2.80. The first-order chi connectivity index (χ1) is 14.5. The highest BCUT2D eigenvalue weighted by Gasteiger charge is 2.27. The van der Waals surface area contributed by atoms with E-state index in [9.17, 15) is 4.79 Å². The molecule has 0 fully saturated rings. The Labute approximate surface area is 182 Å². The smallest absolute Gasteiger partial charge is 0.270 e. The molecule has 1 amide bonds. The van der Waals surface area contributed by atoms with Crippen LogP contribution in [0.2, 0.25) is 0 Å². The average Bonchev–Trinajstić information content (AvgIpc) is 3.31. The lowest BCUT2D eigenvalue weighted by Gasteiger charge is -2.27. The van der Waals surface area contributed by atoms with Gasteiger partial charge in [-0.05, 0) is 28.1 Å². The summed E-state index contributed by atoms with van der Waals surface area (Å²) < 4.78 is 13.9. The van der Waals surface area contributed by atoms with Gasteiger partial charge in [-0.15, -0.1) is 0 Å². The van der Waals surface area contributed by atoms with Crippen LogP contribution in [0.25, 0.3) is 21.8 Å². The molecular weight excluding hydrogens is 446 g/mol.